The highest BCUT2D eigenvalue weighted by Gasteiger charge is 2.20. The minimum atomic E-state index is -0.263. The van der Waals surface area contributed by atoms with E-state index in [9.17, 15) is 4.79 Å². The number of hydrogen-bond donors (Lipinski definition) is 1. The Hall–Kier alpha value is -3.74. The average molecular weight is 372 g/mol. The van der Waals surface area contributed by atoms with Crippen LogP contribution in [0.25, 0.3) is 5.69 Å². The van der Waals surface area contributed by atoms with Crippen molar-refractivity contribution < 1.29 is 4.79 Å². The van der Waals surface area contributed by atoms with E-state index in [4.69, 9.17) is 0 Å². The summed E-state index contributed by atoms with van der Waals surface area (Å²) < 4.78 is 1.77. The maximum atomic E-state index is 13.0. The van der Waals surface area contributed by atoms with Gasteiger partial charge < -0.3 is 5.32 Å². The molecule has 0 saturated heterocycles. The number of aromatic nitrogens is 5. The molecule has 0 radical (unpaired) electrons. The fraction of sp³-hybridized carbons (Fsp3) is 0.143. The van der Waals surface area contributed by atoms with E-state index in [1.165, 1.54) is 0 Å². The van der Waals surface area contributed by atoms with Gasteiger partial charge in [0.25, 0.3) is 5.91 Å². The molecule has 4 aromatic rings. The quantitative estimate of drug-likeness (QED) is 0.564. The Kier molecular flexibility index (Phi) is 4.97. The van der Waals surface area contributed by atoms with Gasteiger partial charge in [-0.2, -0.15) is 20.1 Å². The summed E-state index contributed by atoms with van der Waals surface area (Å²) in [4.78, 5) is 14.6. The molecule has 7 heteroatoms. The Morgan fingerprint density at radius 1 is 0.964 bits per heavy atom. The molecule has 4 rings (SSSR count). The van der Waals surface area contributed by atoms with Crippen LogP contribution in [0.2, 0.25) is 0 Å². The molecule has 140 valence electrons. The highest BCUT2D eigenvalue weighted by Crippen LogP contribution is 2.18. The number of nitrogens with one attached hydrogen (secondary N) is 1. The van der Waals surface area contributed by atoms with Crippen LogP contribution in [0.3, 0.4) is 0 Å². The maximum Gasteiger partial charge on any atom is 0.255 e. The van der Waals surface area contributed by atoms with Crippen molar-refractivity contribution in [2.75, 3.05) is 0 Å². The summed E-state index contributed by atoms with van der Waals surface area (Å²) in [5.41, 5.74) is 3.23. The Balaban J connectivity index is 1.59. The van der Waals surface area contributed by atoms with Crippen molar-refractivity contribution in [2.45, 2.75) is 19.5 Å². The van der Waals surface area contributed by atoms with Gasteiger partial charge in [0.05, 0.1) is 48.1 Å². The zero-order valence-electron chi connectivity index (χ0n) is 15.4. The molecule has 0 fully saturated rings. The SMILES string of the molecule is Cc1c(C(=O)N[C@@H](Cn2nccn2)c2ccccc2)cnn1-c1ccccc1. The van der Waals surface area contributed by atoms with Crippen molar-refractivity contribution >= 4 is 5.91 Å². The summed E-state index contributed by atoms with van der Waals surface area (Å²) in [6, 6.07) is 19.3. The van der Waals surface area contributed by atoms with Crippen molar-refractivity contribution in [2.24, 2.45) is 0 Å². The molecule has 0 saturated carbocycles. The summed E-state index contributed by atoms with van der Waals surface area (Å²) >= 11 is 0. The number of para-hydroxylation sites is 1. The number of amides is 1. The smallest absolute Gasteiger partial charge is 0.255 e. The second-order valence-corrected chi connectivity index (χ2v) is 6.41. The monoisotopic (exact) mass is 372 g/mol. The van der Waals surface area contributed by atoms with Crippen molar-refractivity contribution in [3.63, 3.8) is 0 Å². The molecule has 28 heavy (non-hydrogen) atoms. The summed E-state index contributed by atoms with van der Waals surface area (Å²) in [7, 11) is 0. The van der Waals surface area contributed by atoms with E-state index in [0.717, 1.165) is 16.9 Å². The molecule has 0 aliphatic rings. The zero-order valence-corrected chi connectivity index (χ0v) is 15.4. The lowest BCUT2D eigenvalue weighted by molar-refractivity contribution is 0.0930. The fourth-order valence-electron chi connectivity index (χ4n) is 3.12. The lowest BCUT2D eigenvalue weighted by atomic mass is 10.1. The van der Waals surface area contributed by atoms with Crippen LogP contribution in [0.15, 0.2) is 79.3 Å². The normalized spacial score (nSPS) is 11.9. The van der Waals surface area contributed by atoms with Gasteiger partial charge in [-0.3, -0.25) is 4.79 Å². The minimum absolute atomic E-state index is 0.180. The molecule has 2 aromatic heterocycles. The summed E-state index contributed by atoms with van der Waals surface area (Å²) in [5, 5.41) is 15.8. The van der Waals surface area contributed by atoms with Gasteiger partial charge in [-0.15, -0.1) is 0 Å². The van der Waals surface area contributed by atoms with Crippen molar-refractivity contribution in [1.82, 2.24) is 30.1 Å². The molecule has 0 spiro atoms. The van der Waals surface area contributed by atoms with Gasteiger partial charge in [0.2, 0.25) is 0 Å². The van der Waals surface area contributed by atoms with E-state index in [1.807, 2.05) is 67.6 Å². The second-order valence-electron chi connectivity index (χ2n) is 6.41. The molecule has 0 unspecified atom stereocenters. The van der Waals surface area contributed by atoms with E-state index in [0.29, 0.717) is 12.1 Å². The molecule has 2 heterocycles. The summed E-state index contributed by atoms with van der Waals surface area (Å²) in [6.07, 6.45) is 4.85. The molecular formula is C21H20N6O. The maximum absolute atomic E-state index is 13.0. The van der Waals surface area contributed by atoms with E-state index in [1.54, 1.807) is 28.1 Å². The number of nitrogens with zero attached hydrogens (tertiary/aromatic N) is 5. The first kappa shape index (κ1) is 17.7. The van der Waals surface area contributed by atoms with Gasteiger partial charge in [0.1, 0.15) is 0 Å². The molecule has 1 N–H and O–H groups in total. The third kappa shape index (κ3) is 3.68. The first-order valence-electron chi connectivity index (χ1n) is 9.02. The molecule has 0 aliphatic carbocycles. The molecule has 7 nitrogen and oxygen atoms in total. The van der Waals surface area contributed by atoms with Gasteiger partial charge >= 0.3 is 0 Å². The molecule has 1 amide bonds. The van der Waals surface area contributed by atoms with Crippen molar-refractivity contribution in [3.05, 3.63) is 96.1 Å². The van der Waals surface area contributed by atoms with E-state index < -0.39 is 0 Å². The number of rotatable bonds is 6. The Morgan fingerprint density at radius 3 is 2.29 bits per heavy atom. The fourth-order valence-corrected chi connectivity index (χ4v) is 3.12. The average Bonchev–Trinajstić information content (AvgIpc) is 3.38. The lowest BCUT2D eigenvalue weighted by Gasteiger charge is -2.18. The van der Waals surface area contributed by atoms with E-state index >= 15 is 0 Å². The third-order valence-electron chi connectivity index (χ3n) is 4.57. The predicted molar refractivity (Wildman–Crippen MR) is 105 cm³/mol. The highest BCUT2D eigenvalue weighted by atomic mass is 16.1. The van der Waals surface area contributed by atoms with Crippen molar-refractivity contribution in [3.8, 4) is 5.69 Å². The topological polar surface area (TPSA) is 77.6 Å². The summed E-state index contributed by atoms with van der Waals surface area (Å²) in [6.45, 7) is 2.33. The molecule has 0 aliphatic heterocycles. The zero-order chi connectivity index (χ0) is 19.3. The van der Waals surface area contributed by atoms with Gasteiger partial charge in [-0.05, 0) is 24.6 Å². The number of hydrogen-bond acceptors (Lipinski definition) is 4. The largest absolute Gasteiger partial charge is 0.343 e. The van der Waals surface area contributed by atoms with Crippen LogP contribution in [-0.2, 0) is 6.54 Å². The van der Waals surface area contributed by atoms with Crippen LogP contribution in [0.5, 0.6) is 0 Å². The van der Waals surface area contributed by atoms with E-state index in [2.05, 4.69) is 20.6 Å². The highest BCUT2D eigenvalue weighted by molar-refractivity contribution is 5.95. The van der Waals surface area contributed by atoms with Crippen LogP contribution in [-0.4, -0.2) is 30.7 Å². The van der Waals surface area contributed by atoms with Crippen LogP contribution in [0, 0.1) is 6.92 Å². The molecular weight excluding hydrogens is 352 g/mol. The first-order chi connectivity index (χ1) is 13.7. The van der Waals surface area contributed by atoms with Crippen LogP contribution in [0.4, 0.5) is 0 Å². The van der Waals surface area contributed by atoms with Gasteiger partial charge in [-0.1, -0.05) is 48.5 Å². The third-order valence-corrected chi connectivity index (χ3v) is 4.57. The number of carbonyl (C=O) groups excluding carboxylic acids is 1. The van der Waals surface area contributed by atoms with Crippen LogP contribution < -0.4 is 5.32 Å². The summed E-state index contributed by atoms with van der Waals surface area (Å²) in [5.74, 6) is -0.180. The van der Waals surface area contributed by atoms with Crippen molar-refractivity contribution in [1.29, 1.82) is 0 Å². The van der Waals surface area contributed by atoms with Gasteiger partial charge in [-0.25, -0.2) is 4.68 Å². The number of carbonyl (C=O) groups is 1. The van der Waals surface area contributed by atoms with Crippen LogP contribution >= 0.6 is 0 Å². The molecule has 0 bridgehead atoms. The van der Waals surface area contributed by atoms with Gasteiger partial charge in [0.15, 0.2) is 0 Å². The molecule has 1 atom stereocenters. The minimum Gasteiger partial charge on any atom is -0.343 e. The number of benzene rings is 2. The Morgan fingerprint density at radius 2 is 1.61 bits per heavy atom. The Labute approximate surface area is 162 Å². The standard InChI is InChI=1S/C21H20N6O/c1-16-19(14-24-27(16)18-10-6-3-7-11-18)21(28)25-20(15-26-22-12-13-23-26)17-8-4-2-5-9-17/h2-14,20H,15H2,1H3,(H,25,28)/t20-/m0/s1. The molecule has 2 aromatic carbocycles. The second kappa shape index (κ2) is 7.87. The van der Waals surface area contributed by atoms with Crippen LogP contribution in [0.1, 0.15) is 27.7 Å². The van der Waals surface area contributed by atoms with E-state index in [-0.39, 0.29) is 11.9 Å². The first-order valence-corrected chi connectivity index (χ1v) is 9.02. The van der Waals surface area contributed by atoms with Gasteiger partial charge in [0, 0.05) is 0 Å². The predicted octanol–water partition coefficient (Wildman–Crippen LogP) is 2.94. The lowest BCUT2D eigenvalue weighted by Crippen LogP contribution is -2.32. The Bertz CT molecular complexity index is 1040.